The molecule has 1 N–H and O–H groups in total. The van der Waals surface area contributed by atoms with Crippen LogP contribution < -0.4 is 0 Å². The molecule has 4 aliphatic rings. The van der Waals surface area contributed by atoms with E-state index in [0.29, 0.717) is 23.7 Å². The van der Waals surface area contributed by atoms with Gasteiger partial charge < -0.3 is 14.6 Å². The van der Waals surface area contributed by atoms with Gasteiger partial charge in [0.1, 0.15) is 0 Å². The van der Waals surface area contributed by atoms with Crippen LogP contribution in [-0.2, 0) is 9.47 Å². The molecule has 4 saturated carbocycles. The molecule has 0 heterocycles. The van der Waals surface area contributed by atoms with Gasteiger partial charge in [0.15, 0.2) is 0 Å². The van der Waals surface area contributed by atoms with Gasteiger partial charge >= 0.3 is 0 Å². The highest BCUT2D eigenvalue weighted by Gasteiger charge is 2.64. The van der Waals surface area contributed by atoms with Crippen LogP contribution >= 0.6 is 0 Å². The van der Waals surface area contributed by atoms with Crippen molar-refractivity contribution >= 4 is 0 Å². The van der Waals surface area contributed by atoms with E-state index in [0.717, 1.165) is 25.7 Å². The molecule has 0 spiro atoms. The Morgan fingerprint density at radius 2 is 1.65 bits per heavy atom. The summed E-state index contributed by atoms with van der Waals surface area (Å²) < 4.78 is 11.8. The van der Waals surface area contributed by atoms with Gasteiger partial charge in [0.05, 0.1) is 30.3 Å². The van der Waals surface area contributed by atoms with Crippen LogP contribution in [0.3, 0.4) is 0 Å². The first kappa shape index (κ1) is 18.7. The van der Waals surface area contributed by atoms with Gasteiger partial charge in [-0.05, 0) is 79.4 Å². The van der Waals surface area contributed by atoms with Crippen molar-refractivity contribution in [3.8, 4) is 6.07 Å². The van der Waals surface area contributed by atoms with Crippen molar-refractivity contribution in [1.29, 1.82) is 5.26 Å². The van der Waals surface area contributed by atoms with Gasteiger partial charge in [0.2, 0.25) is 0 Å². The third-order valence-electron chi connectivity index (χ3n) is 9.33. The molecule has 4 rings (SSSR count). The average molecular weight is 362 g/mol. The number of aliphatic hydroxyl groups is 1. The largest absolute Gasteiger partial charge is 0.390 e. The number of hydrogen-bond acceptors (Lipinski definition) is 4. The van der Waals surface area contributed by atoms with Crippen molar-refractivity contribution in [2.75, 3.05) is 14.2 Å². The quantitative estimate of drug-likeness (QED) is 0.813. The molecule has 146 valence electrons. The highest BCUT2D eigenvalue weighted by atomic mass is 16.5. The molecule has 0 bridgehead atoms. The number of aliphatic hydroxyl groups excluding tert-OH is 1. The molecule has 0 amide bonds. The number of methoxy groups -OCH3 is 2. The topological polar surface area (TPSA) is 62.5 Å². The smallest absolute Gasteiger partial charge is 0.0835 e. The maximum Gasteiger partial charge on any atom is 0.0835 e. The van der Waals surface area contributed by atoms with Crippen molar-refractivity contribution in [3.05, 3.63) is 0 Å². The molecule has 4 heteroatoms. The van der Waals surface area contributed by atoms with Crippen molar-refractivity contribution in [2.24, 2.45) is 40.4 Å². The summed E-state index contributed by atoms with van der Waals surface area (Å²) in [5.74, 6) is 2.55. The molecule has 3 unspecified atom stereocenters. The molecule has 0 aromatic carbocycles. The fraction of sp³-hybridized carbons (Fsp3) is 0.955. The van der Waals surface area contributed by atoms with Gasteiger partial charge in [0.25, 0.3) is 0 Å². The number of ether oxygens (including phenoxy) is 2. The van der Waals surface area contributed by atoms with E-state index >= 15 is 0 Å². The summed E-state index contributed by atoms with van der Waals surface area (Å²) in [6, 6.07) is 2.62. The van der Waals surface area contributed by atoms with Gasteiger partial charge in [-0.2, -0.15) is 5.26 Å². The van der Waals surface area contributed by atoms with Crippen LogP contribution in [0.25, 0.3) is 0 Å². The van der Waals surface area contributed by atoms with Gasteiger partial charge in [-0.15, -0.1) is 0 Å². The van der Waals surface area contributed by atoms with E-state index in [-0.39, 0.29) is 35.1 Å². The fourth-order valence-corrected chi connectivity index (χ4v) is 8.02. The van der Waals surface area contributed by atoms with Crippen LogP contribution in [0.4, 0.5) is 0 Å². The van der Waals surface area contributed by atoms with E-state index in [1.54, 1.807) is 7.11 Å². The Labute approximate surface area is 158 Å². The van der Waals surface area contributed by atoms with E-state index in [1.807, 2.05) is 7.11 Å². The molecule has 4 nitrogen and oxygen atoms in total. The molecule has 0 aliphatic heterocycles. The number of rotatable bonds is 2. The van der Waals surface area contributed by atoms with E-state index < -0.39 is 0 Å². The highest BCUT2D eigenvalue weighted by Crippen LogP contribution is 2.67. The minimum absolute atomic E-state index is 0.0590. The zero-order chi connectivity index (χ0) is 18.7. The first-order chi connectivity index (χ1) is 12.4. The number of nitriles is 1. The minimum atomic E-state index is -0.334. The van der Waals surface area contributed by atoms with E-state index in [2.05, 4.69) is 19.9 Å². The molecular formula is C22H35NO3. The zero-order valence-corrected chi connectivity index (χ0v) is 16.8. The first-order valence-corrected chi connectivity index (χ1v) is 10.5. The molecule has 4 aliphatic carbocycles. The van der Waals surface area contributed by atoms with Crippen molar-refractivity contribution < 1.29 is 14.6 Å². The molecule has 4 fully saturated rings. The Morgan fingerprint density at radius 1 is 0.962 bits per heavy atom. The van der Waals surface area contributed by atoms with Crippen molar-refractivity contribution in [3.63, 3.8) is 0 Å². The van der Waals surface area contributed by atoms with Gasteiger partial charge in [-0.25, -0.2) is 0 Å². The van der Waals surface area contributed by atoms with Crippen molar-refractivity contribution in [2.45, 2.75) is 77.1 Å². The third kappa shape index (κ3) is 2.43. The van der Waals surface area contributed by atoms with Crippen LogP contribution in [0.5, 0.6) is 0 Å². The van der Waals surface area contributed by atoms with Gasteiger partial charge in [0, 0.05) is 14.2 Å². The number of nitrogens with zero attached hydrogens (tertiary/aromatic N) is 1. The number of hydrogen-bond donors (Lipinski definition) is 1. The average Bonchev–Trinajstić information content (AvgIpc) is 2.96. The summed E-state index contributed by atoms with van der Waals surface area (Å²) in [6.45, 7) is 4.80. The van der Waals surface area contributed by atoms with E-state index in [1.165, 1.54) is 19.3 Å². The van der Waals surface area contributed by atoms with Crippen LogP contribution in [0.2, 0.25) is 0 Å². The lowest BCUT2D eigenvalue weighted by Gasteiger charge is -2.63. The lowest BCUT2D eigenvalue weighted by molar-refractivity contribution is -0.204. The molecule has 0 saturated heterocycles. The molecule has 0 radical (unpaired) electrons. The van der Waals surface area contributed by atoms with Crippen LogP contribution in [0.1, 0.15) is 58.8 Å². The van der Waals surface area contributed by atoms with Gasteiger partial charge in [-0.1, -0.05) is 13.8 Å². The van der Waals surface area contributed by atoms with E-state index in [4.69, 9.17) is 9.47 Å². The molecule has 0 aromatic heterocycles. The van der Waals surface area contributed by atoms with E-state index in [9.17, 15) is 10.4 Å². The second-order valence-electron chi connectivity index (χ2n) is 10.1. The Morgan fingerprint density at radius 3 is 2.31 bits per heavy atom. The molecular weight excluding hydrogens is 326 g/mol. The zero-order valence-electron chi connectivity index (χ0n) is 16.8. The van der Waals surface area contributed by atoms with Gasteiger partial charge in [-0.3, -0.25) is 0 Å². The monoisotopic (exact) mass is 361 g/mol. The second kappa shape index (κ2) is 6.47. The summed E-state index contributed by atoms with van der Waals surface area (Å²) in [4.78, 5) is 0. The van der Waals surface area contributed by atoms with Crippen molar-refractivity contribution in [1.82, 2.24) is 0 Å². The Hall–Kier alpha value is -0.630. The van der Waals surface area contributed by atoms with Crippen LogP contribution in [0.15, 0.2) is 0 Å². The Kier molecular flexibility index (Phi) is 4.66. The lowest BCUT2D eigenvalue weighted by atomic mass is 9.43. The predicted octanol–water partition coefficient (Wildman–Crippen LogP) is 3.78. The lowest BCUT2D eigenvalue weighted by Crippen LogP contribution is -2.61. The summed E-state index contributed by atoms with van der Waals surface area (Å²) >= 11 is 0. The minimum Gasteiger partial charge on any atom is -0.390 e. The fourth-order valence-electron chi connectivity index (χ4n) is 8.02. The SMILES string of the molecule is CO[C@H]1C[C@@]2(C)C(CC[C@@H]2C#N)[C@@H]2CCC3C[C@H](O)[C@@H](OC)C[C@]3(C)C21. The summed E-state index contributed by atoms with van der Waals surface area (Å²) in [5, 5.41) is 20.2. The van der Waals surface area contributed by atoms with Crippen LogP contribution in [-0.4, -0.2) is 37.6 Å². The summed E-state index contributed by atoms with van der Waals surface area (Å²) in [7, 11) is 3.60. The highest BCUT2D eigenvalue weighted by molar-refractivity contribution is 5.15. The summed E-state index contributed by atoms with van der Waals surface area (Å²) in [6.07, 6.45) is 7.31. The Balaban J connectivity index is 1.70. The Bertz CT molecular complexity index is 588. The molecule has 0 aromatic rings. The maximum absolute atomic E-state index is 10.5. The number of fused-ring (bicyclic) bond motifs is 5. The second-order valence-corrected chi connectivity index (χ2v) is 10.1. The third-order valence-corrected chi connectivity index (χ3v) is 9.33. The first-order valence-electron chi connectivity index (χ1n) is 10.5. The molecule has 26 heavy (non-hydrogen) atoms. The molecule has 10 atom stereocenters. The standard InChI is InChI=1S/C22H35NO3/c1-21-11-19(26-4)20-15(16(21)8-6-14(21)12-23)7-5-13-9-17(24)18(25-3)10-22(13,20)2/h13-20,24H,5-11H2,1-4H3/t13?,14-,15+,16?,17+,18+,19+,20?,21-,22+/m1/s1. The maximum atomic E-state index is 10.5. The predicted molar refractivity (Wildman–Crippen MR) is 99.2 cm³/mol. The normalized spacial score (nSPS) is 56.2. The summed E-state index contributed by atoms with van der Waals surface area (Å²) in [5.41, 5.74) is 0.268. The van der Waals surface area contributed by atoms with Crippen LogP contribution in [0, 0.1) is 51.8 Å².